The Morgan fingerprint density at radius 3 is 2.75 bits per heavy atom. The van der Waals surface area contributed by atoms with Gasteiger partial charge in [-0.25, -0.2) is 8.78 Å². The van der Waals surface area contributed by atoms with Gasteiger partial charge in [0.2, 0.25) is 0 Å². The lowest BCUT2D eigenvalue weighted by Gasteiger charge is -2.09. The van der Waals surface area contributed by atoms with E-state index in [1.165, 1.54) is 6.07 Å². The fourth-order valence-corrected chi connectivity index (χ4v) is 1.84. The molecule has 0 aliphatic rings. The molecule has 0 saturated carbocycles. The zero-order chi connectivity index (χ0) is 11.7. The Hall–Kier alpha value is -1.42. The summed E-state index contributed by atoms with van der Waals surface area (Å²) in [4.78, 5) is 2.97. The van der Waals surface area contributed by atoms with E-state index in [1.54, 1.807) is 6.07 Å². The monoisotopic (exact) mass is 224 g/mol. The number of rotatable bonds is 3. The number of hydrogen-bond donors (Lipinski definition) is 2. The highest BCUT2D eigenvalue weighted by molar-refractivity contribution is 5.81. The van der Waals surface area contributed by atoms with E-state index in [4.69, 9.17) is 0 Å². The average molecular weight is 224 g/mol. The van der Waals surface area contributed by atoms with Crippen LogP contribution in [0, 0.1) is 11.6 Å². The van der Waals surface area contributed by atoms with Crippen molar-refractivity contribution in [3.8, 4) is 0 Å². The standard InChI is InChI=1S/C12H14F2N2/c1-3-15-7(2)11-5-8-4-9(13)6-10(14)12(8)16-11/h4-7,15-16H,3H2,1-2H3. The first kappa shape index (κ1) is 11.1. The van der Waals surface area contributed by atoms with Gasteiger partial charge in [-0.3, -0.25) is 0 Å². The molecule has 2 N–H and O–H groups in total. The van der Waals surface area contributed by atoms with Gasteiger partial charge in [-0.05, 0) is 25.6 Å². The van der Waals surface area contributed by atoms with E-state index in [0.717, 1.165) is 18.3 Å². The first-order valence-corrected chi connectivity index (χ1v) is 5.33. The van der Waals surface area contributed by atoms with Crippen molar-refractivity contribution in [2.45, 2.75) is 19.9 Å². The molecule has 0 bridgehead atoms. The quantitative estimate of drug-likeness (QED) is 0.823. The molecule has 0 saturated heterocycles. The van der Waals surface area contributed by atoms with Crippen LogP contribution in [0.2, 0.25) is 0 Å². The van der Waals surface area contributed by atoms with E-state index in [1.807, 2.05) is 13.8 Å². The number of hydrogen-bond acceptors (Lipinski definition) is 1. The highest BCUT2D eigenvalue weighted by Crippen LogP contribution is 2.23. The SMILES string of the molecule is CCNC(C)c1cc2cc(F)cc(F)c2[nH]1. The van der Waals surface area contributed by atoms with Crippen molar-refractivity contribution >= 4 is 10.9 Å². The zero-order valence-electron chi connectivity index (χ0n) is 9.27. The summed E-state index contributed by atoms with van der Waals surface area (Å²) in [7, 11) is 0. The van der Waals surface area contributed by atoms with Crippen molar-refractivity contribution < 1.29 is 8.78 Å². The Bertz CT molecular complexity index is 505. The summed E-state index contributed by atoms with van der Waals surface area (Å²) in [5.74, 6) is -1.10. The number of nitrogens with one attached hydrogen (secondary N) is 2. The number of H-pyrrole nitrogens is 1. The van der Waals surface area contributed by atoms with Crippen molar-refractivity contribution in [3.05, 3.63) is 35.5 Å². The maximum absolute atomic E-state index is 13.4. The normalized spacial score (nSPS) is 13.2. The molecule has 2 rings (SSSR count). The van der Waals surface area contributed by atoms with Crippen molar-refractivity contribution in [3.63, 3.8) is 0 Å². The Morgan fingerprint density at radius 2 is 2.06 bits per heavy atom. The van der Waals surface area contributed by atoms with Crippen LogP contribution in [0.4, 0.5) is 8.78 Å². The third kappa shape index (κ3) is 1.93. The Balaban J connectivity index is 2.47. The summed E-state index contributed by atoms with van der Waals surface area (Å²) in [5, 5.41) is 3.78. The number of benzene rings is 1. The van der Waals surface area contributed by atoms with Gasteiger partial charge in [-0.1, -0.05) is 6.92 Å². The maximum Gasteiger partial charge on any atom is 0.150 e. The summed E-state index contributed by atoms with van der Waals surface area (Å²) in [6.07, 6.45) is 0. The number of fused-ring (bicyclic) bond motifs is 1. The number of aromatic amines is 1. The Morgan fingerprint density at radius 1 is 1.31 bits per heavy atom. The molecule has 0 amide bonds. The zero-order valence-corrected chi connectivity index (χ0v) is 9.27. The third-order valence-corrected chi connectivity index (χ3v) is 2.64. The highest BCUT2D eigenvalue weighted by Gasteiger charge is 2.11. The molecule has 4 heteroatoms. The first-order chi connectivity index (χ1) is 7.61. The van der Waals surface area contributed by atoms with Crippen LogP contribution in [0.1, 0.15) is 25.6 Å². The summed E-state index contributed by atoms with van der Waals surface area (Å²) >= 11 is 0. The highest BCUT2D eigenvalue weighted by atomic mass is 19.1. The van der Waals surface area contributed by atoms with Gasteiger partial charge >= 0.3 is 0 Å². The molecule has 16 heavy (non-hydrogen) atoms. The van der Waals surface area contributed by atoms with Crippen LogP contribution in [-0.4, -0.2) is 11.5 Å². The summed E-state index contributed by atoms with van der Waals surface area (Å²) in [6.45, 7) is 4.80. The van der Waals surface area contributed by atoms with Crippen LogP contribution in [0.25, 0.3) is 10.9 Å². The van der Waals surface area contributed by atoms with Crippen LogP contribution in [0.3, 0.4) is 0 Å². The summed E-state index contributed by atoms with van der Waals surface area (Å²) in [5.41, 5.74) is 1.22. The Kier molecular flexibility index (Phi) is 2.92. The second kappa shape index (κ2) is 4.22. The number of aromatic nitrogens is 1. The molecule has 1 aromatic heterocycles. The molecule has 0 aliphatic carbocycles. The molecule has 0 aliphatic heterocycles. The minimum Gasteiger partial charge on any atom is -0.355 e. The van der Waals surface area contributed by atoms with E-state index in [9.17, 15) is 8.78 Å². The van der Waals surface area contributed by atoms with Crippen molar-refractivity contribution in [2.24, 2.45) is 0 Å². The molecule has 1 aromatic carbocycles. The van der Waals surface area contributed by atoms with Crippen LogP contribution in [0.5, 0.6) is 0 Å². The van der Waals surface area contributed by atoms with Crippen LogP contribution in [-0.2, 0) is 0 Å². The largest absolute Gasteiger partial charge is 0.355 e. The predicted molar refractivity (Wildman–Crippen MR) is 60.3 cm³/mol. The van der Waals surface area contributed by atoms with Gasteiger partial charge in [-0.15, -0.1) is 0 Å². The topological polar surface area (TPSA) is 27.8 Å². The second-order valence-corrected chi connectivity index (χ2v) is 3.86. The fourth-order valence-electron chi connectivity index (χ4n) is 1.84. The molecular formula is C12H14F2N2. The molecule has 2 nitrogen and oxygen atoms in total. The van der Waals surface area contributed by atoms with Crippen molar-refractivity contribution in [1.29, 1.82) is 0 Å². The first-order valence-electron chi connectivity index (χ1n) is 5.33. The van der Waals surface area contributed by atoms with Crippen LogP contribution >= 0.6 is 0 Å². The lowest BCUT2D eigenvalue weighted by Crippen LogP contribution is -2.17. The predicted octanol–water partition coefficient (Wildman–Crippen LogP) is 3.12. The minimum atomic E-state index is -0.551. The summed E-state index contributed by atoms with van der Waals surface area (Å²) in [6, 6.07) is 4.09. The van der Waals surface area contributed by atoms with Gasteiger partial charge < -0.3 is 10.3 Å². The molecule has 2 aromatic rings. The summed E-state index contributed by atoms with van der Waals surface area (Å²) < 4.78 is 26.4. The molecule has 1 unspecified atom stereocenters. The van der Waals surface area contributed by atoms with Crippen molar-refractivity contribution in [2.75, 3.05) is 6.54 Å². The maximum atomic E-state index is 13.4. The van der Waals surface area contributed by atoms with Gasteiger partial charge in [0.05, 0.1) is 5.52 Å². The van der Waals surface area contributed by atoms with Gasteiger partial charge in [-0.2, -0.15) is 0 Å². The lowest BCUT2D eigenvalue weighted by molar-refractivity contribution is 0.582. The average Bonchev–Trinajstić information content (AvgIpc) is 2.62. The van der Waals surface area contributed by atoms with Crippen LogP contribution < -0.4 is 5.32 Å². The Labute approximate surface area is 92.7 Å². The van der Waals surface area contributed by atoms with Gasteiger partial charge in [0.15, 0.2) is 0 Å². The molecule has 0 spiro atoms. The minimum absolute atomic E-state index is 0.0971. The molecule has 0 fully saturated rings. The smallest absolute Gasteiger partial charge is 0.150 e. The van der Waals surface area contributed by atoms with Gasteiger partial charge in [0.1, 0.15) is 11.6 Å². The third-order valence-electron chi connectivity index (χ3n) is 2.64. The molecule has 1 heterocycles. The van der Waals surface area contributed by atoms with E-state index < -0.39 is 11.6 Å². The van der Waals surface area contributed by atoms with E-state index in [2.05, 4.69) is 10.3 Å². The van der Waals surface area contributed by atoms with E-state index in [0.29, 0.717) is 10.9 Å². The molecule has 86 valence electrons. The fraction of sp³-hybridized carbons (Fsp3) is 0.333. The molecule has 1 atom stereocenters. The van der Waals surface area contributed by atoms with Gasteiger partial charge in [0.25, 0.3) is 0 Å². The molecule has 0 radical (unpaired) electrons. The second-order valence-electron chi connectivity index (χ2n) is 3.86. The van der Waals surface area contributed by atoms with E-state index >= 15 is 0 Å². The van der Waals surface area contributed by atoms with E-state index in [-0.39, 0.29) is 6.04 Å². The van der Waals surface area contributed by atoms with Crippen molar-refractivity contribution in [1.82, 2.24) is 10.3 Å². The van der Waals surface area contributed by atoms with Gasteiger partial charge in [0, 0.05) is 23.2 Å². The van der Waals surface area contributed by atoms with Crippen LogP contribution in [0.15, 0.2) is 18.2 Å². The lowest BCUT2D eigenvalue weighted by atomic mass is 10.2. The molecular weight excluding hydrogens is 210 g/mol. The number of halogens is 2.